The largest absolute Gasteiger partial charge is 0.460 e. The third-order valence-electron chi connectivity index (χ3n) is 4.35. The highest BCUT2D eigenvalue weighted by molar-refractivity contribution is 5.30. The number of ether oxygens (including phenoxy) is 1. The first-order valence-electron chi connectivity index (χ1n) is 7.59. The second-order valence-electron chi connectivity index (χ2n) is 6.48. The first-order chi connectivity index (χ1) is 13.9. The second kappa shape index (κ2) is 7.83. The lowest BCUT2D eigenvalue weighted by molar-refractivity contribution is -0.424. The Balaban J connectivity index is 3.70. The lowest BCUT2D eigenvalue weighted by Gasteiger charge is -2.40. The smallest absolute Gasteiger partial charge is 0.373 e. The summed E-state index contributed by atoms with van der Waals surface area (Å²) in [6.07, 6.45) is -10.7. The van der Waals surface area contributed by atoms with Crippen LogP contribution in [0.15, 0.2) is 0 Å². The Morgan fingerprint density at radius 3 is 1.22 bits per heavy atom. The zero-order valence-corrected chi connectivity index (χ0v) is 15.2. The number of hydrogen-bond donors (Lipinski definition) is 0. The number of halogens is 16. The van der Waals surface area contributed by atoms with Crippen LogP contribution in [0.1, 0.15) is 18.9 Å². The third kappa shape index (κ3) is 3.85. The standard InChI is InChI=1S/C15H8F16O/c1-10(32-2,4-5(16)7(18)9(20)8(19)6(4)17)3-11(21,22)12(23,24)13(25,26)14(27,28)15(29,30)31/h3H2,1-2H3. The van der Waals surface area contributed by atoms with Crippen LogP contribution in [0.2, 0.25) is 0 Å². The summed E-state index contributed by atoms with van der Waals surface area (Å²) < 4.78 is 216. The van der Waals surface area contributed by atoms with E-state index in [1.165, 1.54) is 0 Å². The highest BCUT2D eigenvalue weighted by Crippen LogP contribution is 2.59. The maximum Gasteiger partial charge on any atom is 0.460 e. The minimum Gasteiger partial charge on any atom is -0.373 e. The van der Waals surface area contributed by atoms with E-state index in [1.54, 1.807) is 0 Å². The molecule has 0 spiro atoms. The number of alkyl halides is 11. The van der Waals surface area contributed by atoms with Crippen LogP contribution in [-0.4, -0.2) is 37.0 Å². The van der Waals surface area contributed by atoms with Gasteiger partial charge in [-0.15, -0.1) is 0 Å². The van der Waals surface area contributed by atoms with Crippen LogP contribution in [0.5, 0.6) is 0 Å². The molecule has 0 aliphatic rings. The molecule has 0 aliphatic heterocycles. The van der Waals surface area contributed by atoms with Crippen molar-refractivity contribution in [3.63, 3.8) is 0 Å². The Morgan fingerprint density at radius 2 is 0.906 bits per heavy atom. The van der Waals surface area contributed by atoms with Crippen molar-refractivity contribution in [1.29, 1.82) is 0 Å². The van der Waals surface area contributed by atoms with E-state index in [4.69, 9.17) is 0 Å². The molecule has 1 unspecified atom stereocenters. The van der Waals surface area contributed by atoms with E-state index in [2.05, 4.69) is 4.74 Å². The van der Waals surface area contributed by atoms with Crippen molar-refractivity contribution in [1.82, 2.24) is 0 Å². The Hall–Kier alpha value is -1.94. The van der Waals surface area contributed by atoms with Gasteiger partial charge >= 0.3 is 29.9 Å². The molecule has 1 atom stereocenters. The molecule has 17 heteroatoms. The molecule has 0 fully saturated rings. The van der Waals surface area contributed by atoms with Crippen molar-refractivity contribution in [3.8, 4) is 0 Å². The van der Waals surface area contributed by atoms with Crippen LogP contribution in [0.25, 0.3) is 0 Å². The molecule has 0 N–H and O–H groups in total. The van der Waals surface area contributed by atoms with Crippen molar-refractivity contribution in [2.45, 2.75) is 48.8 Å². The molecule has 0 saturated heterocycles. The molecule has 32 heavy (non-hydrogen) atoms. The van der Waals surface area contributed by atoms with Gasteiger partial charge < -0.3 is 4.74 Å². The van der Waals surface area contributed by atoms with Crippen molar-refractivity contribution in [3.05, 3.63) is 34.6 Å². The normalized spacial score (nSPS) is 16.3. The molecule has 1 aromatic rings. The lowest BCUT2D eigenvalue weighted by Crippen LogP contribution is -2.67. The fourth-order valence-corrected chi connectivity index (χ4v) is 2.47. The van der Waals surface area contributed by atoms with Crippen molar-refractivity contribution < 1.29 is 75.0 Å². The predicted octanol–water partition coefficient (Wildman–Crippen LogP) is 6.74. The molecule has 0 heterocycles. The van der Waals surface area contributed by atoms with Gasteiger partial charge in [-0.2, -0.15) is 48.3 Å². The van der Waals surface area contributed by atoms with Gasteiger partial charge in [0, 0.05) is 7.11 Å². The monoisotopic (exact) mass is 508 g/mol. The third-order valence-corrected chi connectivity index (χ3v) is 4.35. The zero-order chi connectivity index (χ0) is 25.9. The van der Waals surface area contributed by atoms with Gasteiger partial charge in [0.15, 0.2) is 23.3 Å². The van der Waals surface area contributed by atoms with Gasteiger partial charge in [0.1, 0.15) is 5.60 Å². The van der Waals surface area contributed by atoms with Crippen LogP contribution in [0, 0.1) is 29.1 Å². The summed E-state index contributed by atoms with van der Waals surface area (Å²) in [6, 6.07) is 0. The summed E-state index contributed by atoms with van der Waals surface area (Å²) in [5, 5.41) is 0. The van der Waals surface area contributed by atoms with Gasteiger partial charge in [0.25, 0.3) is 0 Å². The lowest BCUT2D eigenvalue weighted by atomic mass is 9.84. The highest BCUT2D eigenvalue weighted by Gasteiger charge is 2.87. The van der Waals surface area contributed by atoms with Crippen molar-refractivity contribution in [2.24, 2.45) is 0 Å². The average Bonchev–Trinajstić information content (AvgIpc) is 2.63. The maximum atomic E-state index is 14.0. The molecule has 0 aromatic heterocycles. The van der Waals surface area contributed by atoms with Crippen LogP contribution in [0.3, 0.4) is 0 Å². The Bertz CT molecular complexity index is 844. The Labute approximate surface area is 166 Å². The molecule has 1 rings (SSSR count). The van der Waals surface area contributed by atoms with Crippen LogP contribution in [0.4, 0.5) is 70.2 Å². The topological polar surface area (TPSA) is 9.23 Å². The number of methoxy groups -OCH3 is 1. The average molecular weight is 508 g/mol. The summed E-state index contributed by atoms with van der Waals surface area (Å²) in [4.78, 5) is 0. The molecule has 1 aromatic carbocycles. The van der Waals surface area contributed by atoms with Gasteiger partial charge in [0.05, 0.1) is 12.0 Å². The fourth-order valence-electron chi connectivity index (χ4n) is 2.47. The van der Waals surface area contributed by atoms with Gasteiger partial charge in [-0.1, -0.05) is 0 Å². The van der Waals surface area contributed by atoms with Crippen LogP contribution < -0.4 is 0 Å². The van der Waals surface area contributed by atoms with Gasteiger partial charge in [-0.05, 0) is 6.92 Å². The first-order valence-corrected chi connectivity index (χ1v) is 7.59. The van der Waals surface area contributed by atoms with Crippen LogP contribution >= 0.6 is 0 Å². The van der Waals surface area contributed by atoms with Crippen molar-refractivity contribution >= 4 is 0 Å². The SMILES string of the molecule is COC(C)(CC(F)(F)C(F)(F)C(F)(F)C(F)(F)C(F)(F)F)c1c(F)c(F)c(F)c(F)c1F. The summed E-state index contributed by atoms with van der Waals surface area (Å²) in [5.74, 6) is -44.2. The fraction of sp³-hybridized carbons (Fsp3) is 0.600. The predicted molar refractivity (Wildman–Crippen MR) is 71.1 cm³/mol. The minimum atomic E-state index is -7.84. The molecule has 1 nitrogen and oxygen atoms in total. The molecule has 0 aliphatic carbocycles. The first kappa shape index (κ1) is 28.1. The van der Waals surface area contributed by atoms with E-state index in [1.807, 2.05) is 0 Å². The summed E-state index contributed by atoms with van der Waals surface area (Å²) in [5.41, 5.74) is -6.24. The minimum absolute atomic E-state index is 0.0880. The number of hydrogen-bond acceptors (Lipinski definition) is 1. The van der Waals surface area contributed by atoms with Gasteiger partial charge in [-0.3, -0.25) is 0 Å². The number of benzene rings is 1. The summed E-state index contributed by atoms with van der Waals surface area (Å²) in [6.45, 7) is -0.0880. The van der Waals surface area contributed by atoms with E-state index >= 15 is 0 Å². The maximum absolute atomic E-state index is 14.0. The van der Waals surface area contributed by atoms with E-state index < -0.39 is 76.5 Å². The molecular formula is C15H8F16O. The number of rotatable bonds is 7. The highest BCUT2D eigenvalue weighted by atomic mass is 19.4. The van der Waals surface area contributed by atoms with Gasteiger partial charge in [-0.25, -0.2) is 22.0 Å². The summed E-state index contributed by atoms with van der Waals surface area (Å²) >= 11 is 0. The Morgan fingerprint density at radius 1 is 0.562 bits per heavy atom. The van der Waals surface area contributed by atoms with Crippen molar-refractivity contribution in [2.75, 3.05) is 7.11 Å². The molecule has 0 amide bonds. The van der Waals surface area contributed by atoms with E-state index in [0.717, 1.165) is 0 Å². The van der Waals surface area contributed by atoms with E-state index in [-0.39, 0.29) is 14.0 Å². The molecule has 186 valence electrons. The second-order valence-corrected chi connectivity index (χ2v) is 6.48. The van der Waals surface area contributed by atoms with E-state index in [9.17, 15) is 70.2 Å². The van der Waals surface area contributed by atoms with E-state index in [0.29, 0.717) is 0 Å². The quantitative estimate of drug-likeness (QED) is 0.225. The molecular weight excluding hydrogens is 500 g/mol. The van der Waals surface area contributed by atoms with Crippen LogP contribution in [-0.2, 0) is 10.3 Å². The Kier molecular flexibility index (Phi) is 6.87. The molecule has 0 bridgehead atoms. The summed E-state index contributed by atoms with van der Waals surface area (Å²) in [7, 11) is 0.134. The molecule has 0 radical (unpaired) electrons. The van der Waals surface area contributed by atoms with Gasteiger partial charge in [0.2, 0.25) is 5.82 Å². The zero-order valence-electron chi connectivity index (χ0n) is 15.2. The molecule has 0 saturated carbocycles.